The average molecular weight is 600 g/mol. The maximum absolute atomic E-state index is 14.5. The first-order chi connectivity index (χ1) is 21.6. The summed E-state index contributed by atoms with van der Waals surface area (Å²) in [5.74, 6) is 0.986. The molecule has 2 aliphatic heterocycles. The summed E-state index contributed by atoms with van der Waals surface area (Å²) in [6.45, 7) is 10.3. The fraction of sp³-hybridized carbons (Fsp3) is 0.364. The first kappa shape index (κ1) is 29.6. The Bertz CT molecular complexity index is 1590. The van der Waals surface area contributed by atoms with Crippen molar-refractivity contribution >= 4 is 11.5 Å². The zero-order chi connectivity index (χ0) is 30.3. The van der Waals surface area contributed by atoms with E-state index in [1.165, 1.54) is 12.1 Å². The molecule has 2 aromatic carbocycles. The molecule has 6 rings (SSSR count). The molecule has 0 radical (unpaired) electrons. The van der Waals surface area contributed by atoms with Crippen molar-refractivity contribution < 1.29 is 28.1 Å². The van der Waals surface area contributed by atoms with Crippen LogP contribution in [0.4, 0.5) is 15.9 Å². The van der Waals surface area contributed by atoms with Crippen molar-refractivity contribution in [3.63, 3.8) is 0 Å². The van der Waals surface area contributed by atoms with E-state index >= 15 is 0 Å². The number of anilines is 1. The zero-order valence-electron chi connectivity index (χ0n) is 24.3. The van der Waals surface area contributed by atoms with Gasteiger partial charge in [0.1, 0.15) is 41.2 Å². The van der Waals surface area contributed by atoms with Crippen molar-refractivity contribution in [2.45, 2.75) is 57.6 Å². The number of nitrogens with two attached hydrogens (primary N) is 1. The summed E-state index contributed by atoms with van der Waals surface area (Å²) < 4.78 is 44.8. The van der Waals surface area contributed by atoms with Crippen LogP contribution in [-0.4, -0.2) is 40.9 Å². The number of hydrogen-bond donors (Lipinski definition) is 1. The van der Waals surface area contributed by atoms with Gasteiger partial charge in [-0.3, -0.25) is 9.67 Å². The minimum atomic E-state index is -0.486. The van der Waals surface area contributed by atoms with Crippen LogP contribution in [0.2, 0.25) is 0 Å². The molecule has 0 amide bonds. The lowest BCUT2D eigenvalue weighted by atomic mass is 10.1. The molecule has 2 saturated heterocycles. The topological polar surface area (TPSA) is 107 Å². The fourth-order valence-corrected chi connectivity index (χ4v) is 5.26. The lowest BCUT2D eigenvalue weighted by Gasteiger charge is -2.23. The number of halogens is 1. The van der Waals surface area contributed by atoms with Crippen molar-refractivity contribution in [1.82, 2.24) is 14.8 Å². The lowest BCUT2D eigenvalue weighted by molar-refractivity contribution is -0.169. The second-order valence-electron chi connectivity index (χ2n) is 10.8. The third kappa shape index (κ3) is 7.17. The quantitative estimate of drug-likeness (QED) is 0.195. The van der Waals surface area contributed by atoms with Crippen molar-refractivity contribution in [3.8, 4) is 28.5 Å². The van der Waals surface area contributed by atoms with Crippen LogP contribution in [0.1, 0.15) is 49.4 Å². The maximum Gasteiger partial charge on any atom is 0.254 e. The molecule has 228 valence electrons. The highest BCUT2D eigenvalue weighted by Crippen LogP contribution is 2.39. The minimum Gasteiger partial charge on any atom is -0.489 e. The van der Waals surface area contributed by atoms with Gasteiger partial charge >= 0.3 is 0 Å². The summed E-state index contributed by atoms with van der Waals surface area (Å²) in [6, 6.07) is 15.2. The smallest absolute Gasteiger partial charge is 0.254 e. The van der Waals surface area contributed by atoms with E-state index in [9.17, 15) is 4.39 Å². The number of ether oxygens (including phenoxy) is 5. The molecule has 10 nitrogen and oxygen atoms in total. The van der Waals surface area contributed by atoms with Gasteiger partial charge in [0.05, 0.1) is 24.9 Å². The van der Waals surface area contributed by atoms with Gasteiger partial charge in [-0.2, -0.15) is 5.10 Å². The highest BCUT2D eigenvalue weighted by molar-refractivity contribution is 5.83. The molecule has 2 fully saturated rings. The summed E-state index contributed by atoms with van der Waals surface area (Å²) in [5.41, 5.74) is 9.53. The molecule has 0 bridgehead atoms. The summed E-state index contributed by atoms with van der Waals surface area (Å²) in [4.78, 5) is 8.09. The van der Waals surface area contributed by atoms with Crippen LogP contribution in [-0.2, 0) is 27.4 Å². The molecule has 1 unspecified atom stereocenters. The number of rotatable bonds is 10. The van der Waals surface area contributed by atoms with E-state index in [1.54, 1.807) is 41.2 Å². The molecule has 0 spiro atoms. The Balaban J connectivity index is 1.07. The Kier molecular flexibility index (Phi) is 9.31. The van der Waals surface area contributed by atoms with Crippen molar-refractivity contribution in [3.05, 3.63) is 89.3 Å². The Labute approximate surface area is 255 Å². The van der Waals surface area contributed by atoms with E-state index < -0.39 is 5.82 Å². The highest BCUT2D eigenvalue weighted by Gasteiger charge is 2.24. The van der Waals surface area contributed by atoms with E-state index in [-0.39, 0.29) is 24.7 Å². The largest absolute Gasteiger partial charge is 0.489 e. The number of nitrogens with zero attached hydrogens (tertiary/aromatic N) is 4. The molecular weight excluding hydrogens is 565 g/mol. The Morgan fingerprint density at radius 1 is 0.955 bits per heavy atom. The Morgan fingerprint density at radius 2 is 1.77 bits per heavy atom. The standard InChI is InChI=1S/C33H34FN5O5/c1-36-32-31(38-39(33(32)35)26-11-14-40-15-12-26)23-6-9-27(10-7-23)44-29-17-24(34)16-28(18-29)42-20-22-5-8-25(37-19-22)21-43-30-4-2-3-13-41-30/h5-10,16-19,26,30H,2-4,11-15,20-21,35H2. The number of nitrogen functional groups attached to an aromatic ring is 1. The minimum absolute atomic E-state index is 0.0988. The number of aromatic nitrogens is 3. The summed E-state index contributed by atoms with van der Waals surface area (Å²) >= 11 is 0. The van der Waals surface area contributed by atoms with Gasteiger partial charge in [0.25, 0.3) is 5.69 Å². The molecule has 4 aromatic rings. The zero-order valence-corrected chi connectivity index (χ0v) is 24.3. The van der Waals surface area contributed by atoms with Gasteiger partial charge in [0.15, 0.2) is 6.29 Å². The fourth-order valence-electron chi connectivity index (χ4n) is 5.26. The maximum atomic E-state index is 14.5. The molecule has 11 heteroatoms. The van der Waals surface area contributed by atoms with E-state index in [1.807, 2.05) is 12.1 Å². The monoisotopic (exact) mass is 599 g/mol. The van der Waals surface area contributed by atoms with Gasteiger partial charge in [-0.05, 0) is 55.9 Å². The van der Waals surface area contributed by atoms with Crippen molar-refractivity contribution in [1.29, 1.82) is 0 Å². The van der Waals surface area contributed by atoms with Crippen LogP contribution in [0.3, 0.4) is 0 Å². The van der Waals surface area contributed by atoms with Gasteiger partial charge in [-0.25, -0.2) is 9.24 Å². The highest BCUT2D eigenvalue weighted by atomic mass is 19.1. The average Bonchev–Trinajstić information content (AvgIpc) is 3.40. The molecule has 0 aliphatic carbocycles. The molecule has 0 saturated carbocycles. The van der Waals surface area contributed by atoms with Gasteiger partial charge in [-0.1, -0.05) is 18.2 Å². The van der Waals surface area contributed by atoms with Crippen molar-refractivity contribution in [2.24, 2.45) is 0 Å². The summed E-state index contributed by atoms with van der Waals surface area (Å²) in [5, 5.41) is 4.69. The molecule has 44 heavy (non-hydrogen) atoms. The number of pyridine rings is 1. The predicted octanol–water partition coefficient (Wildman–Crippen LogP) is 6.98. The normalized spacial score (nSPS) is 17.2. The van der Waals surface area contributed by atoms with Gasteiger partial charge in [0, 0.05) is 49.8 Å². The van der Waals surface area contributed by atoms with Crippen LogP contribution < -0.4 is 15.2 Å². The first-order valence-corrected chi connectivity index (χ1v) is 14.8. The number of benzene rings is 2. The second kappa shape index (κ2) is 13.9. The SMILES string of the molecule is [C-]#[N+]c1c(-c2ccc(Oc3cc(F)cc(OCc4ccc(COC5CCCCO5)nc4)c3)cc2)nn(C2CCOCC2)c1N. The van der Waals surface area contributed by atoms with Crippen molar-refractivity contribution in [2.75, 3.05) is 25.6 Å². The molecule has 2 N–H and O–H groups in total. The molecule has 2 aromatic heterocycles. The summed E-state index contributed by atoms with van der Waals surface area (Å²) in [7, 11) is 0. The van der Waals surface area contributed by atoms with E-state index in [0.717, 1.165) is 55.5 Å². The number of hydrogen-bond acceptors (Lipinski definition) is 8. The molecule has 1 atom stereocenters. The van der Waals surface area contributed by atoms with Gasteiger partial charge in [0.2, 0.25) is 0 Å². The second-order valence-corrected chi connectivity index (χ2v) is 10.8. The predicted molar refractivity (Wildman–Crippen MR) is 161 cm³/mol. The van der Waals surface area contributed by atoms with Gasteiger partial charge in [-0.15, -0.1) is 0 Å². The Morgan fingerprint density at radius 3 is 2.50 bits per heavy atom. The van der Waals surface area contributed by atoms with Crippen LogP contribution in [0.15, 0.2) is 60.8 Å². The molecular formula is C33H34FN5O5. The van der Waals surface area contributed by atoms with Crippen LogP contribution in [0.5, 0.6) is 17.2 Å². The third-order valence-electron chi connectivity index (χ3n) is 7.62. The summed E-state index contributed by atoms with van der Waals surface area (Å²) in [6.07, 6.45) is 6.23. The molecule has 2 aliphatic rings. The first-order valence-electron chi connectivity index (χ1n) is 14.8. The molecule has 4 heterocycles. The lowest BCUT2D eigenvalue weighted by Crippen LogP contribution is -2.22. The van der Waals surface area contributed by atoms with Crippen LogP contribution in [0.25, 0.3) is 16.1 Å². The van der Waals surface area contributed by atoms with E-state index in [4.69, 9.17) is 36.0 Å². The Hall–Kier alpha value is -4.50. The van der Waals surface area contributed by atoms with Crippen LogP contribution >= 0.6 is 0 Å². The van der Waals surface area contributed by atoms with Gasteiger partial charge < -0.3 is 29.4 Å². The third-order valence-corrected chi connectivity index (χ3v) is 7.62. The van der Waals surface area contributed by atoms with E-state index in [2.05, 4.69) is 14.9 Å². The van der Waals surface area contributed by atoms with E-state index in [0.29, 0.717) is 48.5 Å². The van der Waals surface area contributed by atoms with Crippen LogP contribution in [0, 0.1) is 12.4 Å².